The summed E-state index contributed by atoms with van der Waals surface area (Å²) in [5.74, 6) is 0.605. The number of hydrogen-bond acceptors (Lipinski definition) is 10. The molecule has 0 saturated carbocycles. The second kappa shape index (κ2) is 21.0. The molecular weight excluding hydrogens is 743 g/mol. The molecule has 1 aliphatic rings. The van der Waals surface area contributed by atoms with Crippen molar-refractivity contribution < 1.29 is 29.0 Å². The van der Waals surface area contributed by atoms with E-state index in [1.807, 2.05) is 94.2 Å². The van der Waals surface area contributed by atoms with Crippen molar-refractivity contribution in [2.75, 3.05) is 54.0 Å². The topological polar surface area (TPSA) is 149 Å². The Balaban J connectivity index is 1.47. The zero-order chi connectivity index (χ0) is 41.9. The van der Waals surface area contributed by atoms with Gasteiger partial charge in [0.2, 0.25) is 11.8 Å². The van der Waals surface area contributed by atoms with Crippen molar-refractivity contribution >= 4 is 29.2 Å². The fraction of sp³-hybridized carbons (Fsp3) is 0.581. The third-order valence-electron chi connectivity index (χ3n) is 10.2. The van der Waals surface area contributed by atoms with Crippen LogP contribution in [0.2, 0.25) is 0 Å². The van der Waals surface area contributed by atoms with Gasteiger partial charge in [-0.05, 0) is 56.4 Å². The molecule has 1 aromatic heterocycles. The van der Waals surface area contributed by atoms with Gasteiger partial charge < -0.3 is 35.4 Å². The van der Waals surface area contributed by atoms with Crippen LogP contribution in [0.25, 0.3) is 0 Å². The minimum absolute atomic E-state index is 0.0931. The van der Waals surface area contributed by atoms with Gasteiger partial charge in [0, 0.05) is 68.8 Å². The van der Waals surface area contributed by atoms with Crippen molar-refractivity contribution in [3.8, 4) is 11.5 Å². The van der Waals surface area contributed by atoms with E-state index in [1.54, 1.807) is 37.5 Å². The Hall–Kier alpha value is -4.24. The average Bonchev–Trinajstić information content (AvgIpc) is 3.63. The summed E-state index contributed by atoms with van der Waals surface area (Å²) >= 11 is 1.59. The van der Waals surface area contributed by atoms with Gasteiger partial charge in [0.05, 0.1) is 43.8 Å². The van der Waals surface area contributed by atoms with Crippen LogP contribution in [0, 0.1) is 11.8 Å². The summed E-state index contributed by atoms with van der Waals surface area (Å²) in [5, 5.41) is 22.3. The first-order valence-electron chi connectivity index (χ1n) is 19.9. The van der Waals surface area contributed by atoms with E-state index in [0.717, 1.165) is 21.0 Å². The maximum absolute atomic E-state index is 14.1. The van der Waals surface area contributed by atoms with Gasteiger partial charge in [-0.15, -0.1) is 11.3 Å². The van der Waals surface area contributed by atoms with Crippen LogP contribution in [0.5, 0.6) is 11.5 Å². The summed E-state index contributed by atoms with van der Waals surface area (Å²) in [6, 6.07) is 14.1. The second-order valence-corrected chi connectivity index (χ2v) is 17.9. The zero-order valence-corrected chi connectivity index (χ0v) is 36.3. The Morgan fingerprint density at radius 2 is 1.70 bits per heavy atom. The maximum atomic E-state index is 14.1. The molecule has 4 atom stereocenters. The lowest BCUT2D eigenvalue weighted by Gasteiger charge is -2.43. The third kappa shape index (κ3) is 13.7. The van der Waals surface area contributed by atoms with E-state index in [4.69, 9.17) is 9.47 Å². The van der Waals surface area contributed by atoms with Gasteiger partial charge in [-0.1, -0.05) is 64.1 Å². The third-order valence-corrected chi connectivity index (χ3v) is 11.4. The first kappa shape index (κ1) is 45.5. The van der Waals surface area contributed by atoms with Gasteiger partial charge in [-0.2, -0.15) is 0 Å². The van der Waals surface area contributed by atoms with E-state index in [1.165, 1.54) is 0 Å². The number of nitrogens with zero attached hydrogens (tertiary/aromatic N) is 4. The van der Waals surface area contributed by atoms with Crippen LogP contribution in [-0.4, -0.2) is 120 Å². The second-order valence-electron chi connectivity index (χ2n) is 16.8. The number of aliphatic hydroxyl groups is 1. The van der Waals surface area contributed by atoms with Crippen molar-refractivity contribution in [1.29, 1.82) is 0 Å². The highest BCUT2D eigenvalue weighted by Crippen LogP contribution is 2.29. The standard InChI is InChI=1S/C43H65N7O6S/c1-28(2)33(23-45-42(54)48(8)25-32-22-44-41(57-32)29(3)4)39(52)46-34(20-30-14-12-11-13-15-30)36(51)27-50-19-18-49(26-35(50)40(53)47-43(5,6)7)24-31-16-17-37(55-9)38(21-31)56-10/h11-17,21-22,28-29,33-36,51H,18-20,23-27H2,1-10H3,(H,45,54)(H,46,52)(H,47,53)/t33-,34-,35-,36+/m1/s1. The highest BCUT2D eigenvalue weighted by molar-refractivity contribution is 7.11. The van der Waals surface area contributed by atoms with E-state index in [9.17, 15) is 19.5 Å². The Morgan fingerprint density at radius 1 is 1.00 bits per heavy atom. The van der Waals surface area contributed by atoms with Gasteiger partial charge in [0.25, 0.3) is 0 Å². The predicted molar refractivity (Wildman–Crippen MR) is 226 cm³/mol. The number of nitrogens with one attached hydrogen (secondary N) is 3. The van der Waals surface area contributed by atoms with Crippen LogP contribution in [-0.2, 0) is 29.1 Å². The molecule has 4 N–H and O–H groups in total. The average molecular weight is 808 g/mol. The van der Waals surface area contributed by atoms with Gasteiger partial charge in [0.1, 0.15) is 6.04 Å². The van der Waals surface area contributed by atoms with Gasteiger partial charge in [-0.3, -0.25) is 19.4 Å². The van der Waals surface area contributed by atoms with E-state index >= 15 is 0 Å². The molecule has 57 heavy (non-hydrogen) atoms. The summed E-state index contributed by atoms with van der Waals surface area (Å²) in [4.78, 5) is 52.4. The molecule has 0 radical (unpaired) electrons. The quantitative estimate of drug-likeness (QED) is 0.141. The largest absolute Gasteiger partial charge is 0.493 e. The predicted octanol–water partition coefficient (Wildman–Crippen LogP) is 4.89. The molecule has 0 unspecified atom stereocenters. The van der Waals surface area contributed by atoms with Crippen molar-refractivity contribution in [1.82, 2.24) is 35.6 Å². The van der Waals surface area contributed by atoms with Crippen molar-refractivity contribution in [2.24, 2.45) is 11.8 Å². The molecular formula is C43H65N7O6S. The lowest BCUT2D eigenvalue weighted by molar-refractivity contribution is -0.132. The van der Waals surface area contributed by atoms with Crippen LogP contribution in [0.1, 0.15) is 75.4 Å². The molecule has 13 nitrogen and oxygen atoms in total. The molecule has 2 aromatic carbocycles. The number of hydrogen-bond donors (Lipinski definition) is 4. The van der Waals surface area contributed by atoms with E-state index in [2.05, 4.69) is 39.7 Å². The molecule has 2 heterocycles. The fourth-order valence-corrected chi connectivity index (χ4v) is 7.89. The number of aliphatic hydroxyl groups excluding tert-OH is 1. The zero-order valence-electron chi connectivity index (χ0n) is 35.5. The summed E-state index contributed by atoms with van der Waals surface area (Å²) < 4.78 is 10.9. The van der Waals surface area contributed by atoms with Gasteiger partial charge >= 0.3 is 6.03 Å². The number of carbonyl (C=O) groups excluding carboxylic acids is 3. The summed E-state index contributed by atoms with van der Waals surface area (Å²) in [6.45, 7) is 16.9. The molecule has 1 fully saturated rings. The van der Waals surface area contributed by atoms with Crippen LogP contribution in [0.15, 0.2) is 54.7 Å². The smallest absolute Gasteiger partial charge is 0.317 e. The van der Waals surface area contributed by atoms with Crippen LogP contribution in [0.4, 0.5) is 4.79 Å². The van der Waals surface area contributed by atoms with Crippen molar-refractivity contribution in [3.63, 3.8) is 0 Å². The molecule has 314 valence electrons. The summed E-state index contributed by atoms with van der Waals surface area (Å²) in [7, 11) is 4.95. The highest BCUT2D eigenvalue weighted by atomic mass is 32.1. The normalized spacial score (nSPS) is 16.8. The maximum Gasteiger partial charge on any atom is 0.317 e. The van der Waals surface area contributed by atoms with Crippen molar-refractivity contribution in [3.05, 3.63) is 75.7 Å². The minimum atomic E-state index is -1.000. The number of benzene rings is 2. The number of carbonyl (C=O) groups is 3. The monoisotopic (exact) mass is 807 g/mol. The number of methoxy groups -OCH3 is 2. The molecule has 3 aromatic rings. The Kier molecular flexibility index (Phi) is 16.7. The van der Waals surface area contributed by atoms with E-state index in [-0.39, 0.29) is 36.9 Å². The molecule has 0 aliphatic carbocycles. The Labute approximate surface area is 343 Å². The van der Waals surface area contributed by atoms with Crippen LogP contribution >= 0.6 is 11.3 Å². The van der Waals surface area contributed by atoms with Crippen LogP contribution < -0.4 is 25.4 Å². The number of β-amino-alcohol motifs (C(OH)–C–C–N with tert-alkyl or cyclic N) is 1. The first-order chi connectivity index (χ1) is 27.0. The Bertz CT molecular complexity index is 1750. The number of aromatic nitrogens is 1. The lowest BCUT2D eigenvalue weighted by Crippen LogP contribution is -2.63. The minimum Gasteiger partial charge on any atom is -0.493 e. The lowest BCUT2D eigenvalue weighted by atomic mass is 9.93. The molecule has 14 heteroatoms. The number of thiazole rings is 1. The SMILES string of the molecule is COc1ccc(CN2CCN(C[C@H](O)[C@@H](Cc3ccccc3)NC(=O)[C@H](CNC(=O)N(C)Cc3cnc(C(C)C)s3)C(C)C)[C@@H](C(=O)NC(C)(C)C)C2)cc1OC. The van der Waals surface area contributed by atoms with E-state index < -0.39 is 29.6 Å². The molecule has 4 rings (SSSR count). The fourth-order valence-electron chi connectivity index (χ4n) is 6.92. The molecule has 1 saturated heterocycles. The Morgan fingerprint density at radius 3 is 2.32 bits per heavy atom. The van der Waals surface area contributed by atoms with Gasteiger partial charge in [-0.25, -0.2) is 9.78 Å². The number of urea groups is 1. The molecule has 4 amide bonds. The number of piperazine rings is 1. The van der Waals surface area contributed by atoms with E-state index in [0.29, 0.717) is 56.6 Å². The summed E-state index contributed by atoms with van der Waals surface area (Å²) in [5.41, 5.74) is 1.54. The van der Waals surface area contributed by atoms with Gasteiger partial charge in [0.15, 0.2) is 11.5 Å². The number of amides is 4. The molecule has 0 spiro atoms. The summed E-state index contributed by atoms with van der Waals surface area (Å²) in [6.07, 6.45) is 1.20. The van der Waals surface area contributed by atoms with Crippen molar-refractivity contribution in [2.45, 2.75) is 97.6 Å². The first-order valence-corrected chi connectivity index (χ1v) is 20.7. The number of ether oxygens (including phenoxy) is 2. The highest BCUT2D eigenvalue weighted by Gasteiger charge is 2.37. The van der Waals surface area contributed by atoms with Crippen LogP contribution in [0.3, 0.4) is 0 Å². The number of rotatable bonds is 18. The molecule has 0 bridgehead atoms. The molecule has 1 aliphatic heterocycles.